The van der Waals surface area contributed by atoms with E-state index in [0.717, 1.165) is 5.69 Å². The van der Waals surface area contributed by atoms with Crippen molar-refractivity contribution in [2.24, 2.45) is 0 Å². The van der Waals surface area contributed by atoms with Crippen LogP contribution in [0.5, 0.6) is 5.75 Å². The van der Waals surface area contributed by atoms with Crippen molar-refractivity contribution in [2.75, 3.05) is 0 Å². The van der Waals surface area contributed by atoms with E-state index < -0.39 is 6.61 Å². The third kappa shape index (κ3) is 5.06. The van der Waals surface area contributed by atoms with Gasteiger partial charge in [-0.1, -0.05) is 23.7 Å². The number of carbonyl (C=O) groups excluding carboxylic acids is 1. The van der Waals surface area contributed by atoms with Crippen molar-refractivity contribution in [1.82, 2.24) is 15.1 Å². The molecule has 0 aliphatic heterocycles. The van der Waals surface area contributed by atoms with E-state index in [-0.39, 0.29) is 18.2 Å². The lowest BCUT2D eigenvalue weighted by Crippen LogP contribution is -2.22. The van der Waals surface area contributed by atoms with Gasteiger partial charge in [0.25, 0.3) is 0 Å². The fourth-order valence-electron chi connectivity index (χ4n) is 2.00. The minimum Gasteiger partial charge on any atom is -0.435 e. The van der Waals surface area contributed by atoms with E-state index in [2.05, 4.69) is 15.2 Å². The van der Waals surface area contributed by atoms with Crippen molar-refractivity contribution in [2.45, 2.75) is 26.6 Å². The summed E-state index contributed by atoms with van der Waals surface area (Å²) in [7, 11) is 0. The minimum absolute atomic E-state index is 0.0640. The van der Waals surface area contributed by atoms with Gasteiger partial charge in [-0.05, 0) is 30.7 Å². The van der Waals surface area contributed by atoms with Gasteiger partial charge in [0.1, 0.15) is 5.75 Å². The summed E-state index contributed by atoms with van der Waals surface area (Å²) < 4.78 is 30.1. The number of hydrogen-bond donors (Lipinski definition) is 1. The van der Waals surface area contributed by atoms with Gasteiger partial charge in [-0.3, -0.25) is 9.48 Å². The van der Waals surface area contributed by atoms with Crippen molar-refractivity contribution in [3.63, 3.8) is 0 Å². The van der Waals surface area contributed by atoms with Crippen LogP contribution in [0.15, 0.2) is 36.5 Å². The number of nitrogens with zero attached hydrogens (tertiary/aromatic N) is 2. The Bertz CT molecular complexity index is 715. The Morgan fingerprint density at radius 3 is 2.75 bits per heavy atom. The first-order valence-corrected chi connectivity index (χ1v) is 7.58. The van der Waals surface area contributed by atoms with E-state index in [0.29, 0.717) is 17.1 Å². The Labute approximate surface area is 142 Å². The third-order valence-corrected chi connectivity index (χ3v) is 3.48. The number of rotatable bonds is 7. The summed E-state index contributed by atoms with van der Waals surface area (Å²) in [5.74, 6) is -0.239. The van der Waals surface area contributed by atoms with E-state index in [9.17, 15) is 13.6 Å². The number of halogens is 3. The second-order valence-corrected chi connectivity index (χ2v) is 5.16. The van der Waals surface area contributed by atoms with Gasteiger partial charge in [-0.15, -0.1) is 0 Å². The molecule has 5 nitrogen and oxygen atoms in total. The molecule has 0 saturated carbocycles. The number of aryl methyl sites for hydroxylation is 1. The van der Waals surface area contributed by atoms with Gasteiger partial charge in [-0.25, -0.2) is 0 Å². The summed E-state index contributed by atoms with van der Waals surface area (Å²) >= 11 is 6.01. The van der Waals surface area contributed by atoms with E-state index in [1.165, 1.54) is 24.4 Å². The van der Waals surface area contributed by atoms with Crippen LogP contribution in [0, 0.1) is 0 Å². The molecule has 2 rings (SSSR count). The molecule has 0 fully saturated rings. The number of benzene rings is 1. The predicted molar refractivity (Wildman–Crippen MR) is 86.9 cm³/mol. The Morgan fingerprint density at radius 2 is 2.12 bits per heavy atom. The first-order chi connectivity index (χ1) is 11.5. The molecule has 0 aliphatic carbocycles. The molecule has 8 heteroatoms. The quantitative estimate of drug-likeness (QED) is 0.773. The zero-order chi connectivity index (χ0) is 17.5. The highest BCUT2D eigenvalue weighted by Crippen LogP contribution is 2.16. The summed E-state index contributed by atoms with van der Waals surface area (Å²) in [6, 6.07) is 5.96. The van der Waals surface area contributed by atoms with Crippen LogP contribution in [0.3, 0.4) is 0 Å². The molecule has 1 aromatic carbocycles. The van der Waals surface area contributed by atoms with Gasteiger partial charge < -0.3 is 10.1 Å². The number of aromatic nitrogens is 2. The van der Waals surface area contributed by atoms with E-state index in [1.54, 1.807) is 22.9 Å². The molecule has 0 spiro atoms. The van der Waals surface area contributed by atoms with Gasteiger partial charge in [0, 0.05) is 12.6 Å². The smallest absolute Gasteiger partial charge is 0.387 e. The number of carbonyl (C=O) groups is 1. The molecule has 0 radical (unpaired) electrons. The van der Waals surface area contributed by atoms with E-state index in [4.69, 9.17) is 11.6 Å². The highest BCUT2D eigenvalue weighted by atomic mass is 35.5. The van der Waals surface area contributed by atoms with Gasteiger partial charge in [0.05, 0.1) is 23.5 Å². The number of amides is 1. The monoisotopic (exact) mass is 355 g/mol. The highest BCUT2D eigenvalue weighted by molar-refractivity contribution is 6.31. The molecule has 0 bridgehead atoms. The summed E-state index contributed by atoms with van der Waals surface area (Å²) in [6.07, 6.45) is 4.45. The molecule has 2 aromatic rings. The maximum Gasteiger partial charge on any atom is 0.387 e. The molecular weight excluding hydrogens is 340 g/mol. The van der Waals surface area contributed by atoms with Crippen LogP contribution in [0.2, 0.25) is 5.02 Å². The third-order valence-electron chi connectivity index (χ3n) is 3.16. The average molecular weight is 356 g/mol. The number of ether oxygens (including phenoxy) is 1. The molecule has 1 heterocycles. The van der Waals surface area contributed by atoms with Crippen LogP contribution < -0.4 is 10.1 Å². The summed E-state index contributed by atoms with van der Waals surface area (Å²) in [6.45, 7) is -0.0195. The molecule has 128 valence electrons. The first-order valence-electron chi connectivity index (χ1n) is 7.20. The molecule has 1 aromatic heterocycles. The standard InChI is InChI=1S/C16H16ClF2N3O2/c1-2-22-14(13(17)9-21-22)10-20-15(23)8-5-11-3-6-12(7-4-11)24-16(18)19/h3-9,16H,2,10H2,1H3,(H,20,23)/b8-5-. The zero-order valence-electron chi connectivity index (χ0n) is 12.9. The van der Waals surface area contributed by atoms with Gasteiger partial charge >= 0.3 is 6.61 Å². The van der Waals surface area contributed by atoms with Crippen molar-refractivity contribution >= 4 is 23.6 Å². The molecule has 1 N–H and O–H groups in total. The normalized spacial score (nSPS) is 11.2. The topological polar surface area (TPSA) is 56.2 Å². The van der Waals surface area contributed by atoms with Gasteiger partial charge in [0.15, 0.2) is 0 Å². The van der Waals surface area contributed by atoms with Crippen LogP contribution in [0.4, 0.5) is 8.78 Å². The molecular formula is C16H16ClF2N3O2. The van der Waals surface area contributed by atoms with Crippen molar-refractivity contribution < 1.29 is 18.3 Å². The minimum atomic E-state index is -2.86. The maximum atomic E-state index is 12.1. The molecule has 1 amide bonds. The number of alkyl halides is 2. The number of nitrogens with one attached hydrogen (secondary N) is 1. The summed E-state index contributed by atoms with van der Waals surface area (Å²) in [5.41, 5.74) is 1.41. The summed E-state index contributed by atoms with van der Waals surface area (Å²) in [5, 5.41) is 7.29. The Morgan fingerprint density at radius 1 is 1.42 bits per heavy atom. The van der Waals surface area contributed by atoms with Crippen molar-refractivity contribution in [3.05, 3.63) is 52.8 Å². The second kappa shape index (κ2) is 8.44. The lowest BCUT2D eigenvalue weighted by molar-refractivity contribution is -0.116. The van der Waals surface area contributed by atoms with Crippen molar-refractivity contribution in [1.29, 1.82) is 0 Å². The first kappa shape index (κ1) is 17.9. The molecule has 0 saturated heterocycles. The lowest BCUT2D eigenvalue weighted by atomic mass is 10.2. The zero-order valence-corrected chi connectivity index (χ0v) is 13.6. The molecule has 0 unspecified atom stereocenters. The van der Waals surface area contributed by atoms with Crippen LogP contribution in [0.1, 0.15) is 18.2 Å². The van der Waals surface area contributed by atoms with E-state index >= 15 is 0 Å². The lowest BCUT2D eigenvalue weighted by Gasteiger charge is -2.06. The van der Waals surface area contributed by atoms with Gasteiger partial charge in [-0.2, -0.15) is 13.9 Å². The van der Waals surface area contributed by atoms with Crippen LogP contribution in [0.25, 0.3) is 6.08 Å². The molecule has 24 heavy (non-hydrogen) atoms. The summed E-state index contributed by atoms with van der Waals surface area (Å²) in [4.78, 5) is 11.8. The second-order valence-electron chi connectivity index (χ2n) is 4.75. The Kier molecular flexibility index (Phi) is 6.31. The van der Waals surface area contributed by atoms with Crippen LogP contribution >= 0.6 is 11.6 Å². The Balaban J connectivity index is 1.89. The van der Waals surface area contributed by atoms with Crippen LogP contribution in [-0.2, 0) is 17.9 Å². The van der Waals surface area contributed by atoms with Crippen LogP contribution in [-0.4, -0.2) is 22.3 Å². The van der Waals surface area contributed by atoms with Gasteiger partial charge in [0.2, 0.25) is 5.91 Å². The SMILES string of the molecule is CCn1ncc(Cl)c1CNC(=O)/C=C\c1ccc(OC(F)F)cc1. The number of hydrogen-bond acceptors (Lipinski definition) is 3. The average Bonchev–Trinajstić information content (AvgIpc) is 2.91. The highest BCUT2D eigenvalue weighted by Gasteiger charge is 2.08. The van der Waals surface area contributed by atoms with E-state index in [1.807, 2.05) is 6.92 Å². The largest absolute Gasteiger partial charge is 0.435 e. The van der Waals surface area contributed by atoms with Crippen molar-refractivity contribution in [3.8, 4) is 5.75 Å². The molecule has 0 aliphatic rings. The Hall–Kier alpha value is -2.41. The fourth-order valence-corrected chi connectivity index (χ4v) is 2.21. The molecule has 0 atom stereocenters. The fraction of sp³-hybridized carbons (Fsp3) is 0.250. The predicted octanol–water partition coefficient (Wildman–Crippen LogP) is 3.49. The maximum absolute atomic E-state index is 12.1.